The Morgan fingerprint density at radius 3 is 2.57 bits per heavy atom. The number of hydrogen-bond acceptors (Lipinski definition) is 1. The van der Waals surface area contributed by atoms with Crippen molar-refractivity contribution in [2.24, 2.45) is 23.7 Å². The maximum absolute atomic E-state index is 3.52. The Morgan fingerprint density at radius 1 is 1.29 bits per heavy atom. The van der Waals surface area contributed by atoms with Crippen LogP contribution in [0.1, 0.15) is 47.0 Å². The summed E-state index contributed by atoms with van der Waals surface area (Å²) in [6.07, 6.45) is 4.34. The van der Waals surface area contributed by atoms with Gasteiger partial charge in [0.15, 0.2) is 0 Å². The van der Waals surface area contributed by atoms with E-state index >= 15 is 0 Å². The van der Waals surface area contributed by atoms with Crippen molar-refractivity contribution in [2.75, 3.05) is 13.1 Å². The summed E-state index contributed by atoms with van der Waals surface area (Å²) >= 11 is 0. The van der Waals surface area contributed by atoms with Crippen LogP contribution in [0.5, 0.6) is 0 Å². The van der Waals surface area contributed by atoms with Crippen LogP contribution < -0.4 is 5.32 Å². The summed E-state index contributed by atoms with van der Waals surface area (Å²) in [6.45, 7) is 11.8. The fourth-order valence-electron chi connectivity index (χ4n) is 2.89. The quantitative estimate of drug-likeness (QED) is 0.729. The zero-order valence-corrected chi connectivity index (χ0v) is 10.3. The van der Waals surface area contributed by atoms with Crippen molar-refractivity contribution in [3.05, 3.63) is 0 Å². The number of rotatable bonds is 4. The van der Waals surface area contributed by atoms with Crippen LogP contribution in [0.4, 0.5) is 0 Å². The first-order valence-electron chi connectivity index (χ1n) is 6.35. The second kappa shape index (κ2) is 5.75. The van der Waals surface area contributed by atoms with Gasteiger partial charge in [0, 0.05) is 0 Å². The molecule has 0 amide bonds. The van der Waals surface area contributed by atoms with Gasteiger partial charge in [-0.2, -0.15) is 0 Å². The third-order valence-corrected chi connectivity index (χ3v) is 3.82. The third-order valence-electron chi connectivity index (χ3n) is 3.82. The molecule has 14 heavy (non-hydrogen) atoms. The molecule has 1 fully saturated rings. The Morgan fingerprint density at radius 2 is 2.00 bits per heavy atom. The van der Waals surface area contributed by atoms with Gasteiger partial charge in [-0.1, -0.05) is 34.1 Å². The lowest BCUT2D eigenvalue weighted by Gasteiger charge is -2.37. The lowest BCUT2D eigenvalue weighted by Crippen LogP contribution is -2.35. The average molecular weight is 197 g/mol. The monoisotopic (exact) mass is 197 g/mol. The predicted molar refractivity (Wildman–Crippen MR) is 63.4 cm³/mol. The van der Waals surface area contributed by atoms with Gasteiger partial charge in [0.05, 0.1) is 0 Å². The largest absolute Gasteiger partial charge is 0.317 e. The van der Waals surface area contributed by atoms with E-state index in [1.807, 2.05) is 0 Å². The summed E-state index contributed by atoms with van der Waals surface area (Å²) < 4.78 is 0. The van der Waals surface area contributed by atoms with Gasteiger partial charge in [0.1, 0.15) is 0 Å². The zero-order chi connectivity index (χ0) is 10.6. The Labute approximate surface area is 89.7 Å². The van der Waals surface area contributed by atoms with E-state index in [0.29, 0.717) is 0 Å². The highest BCUT2D eigenvalue weighted by molar-refractivity contribution is 4.81. The minimum atomic E-state index is 0.862. The van der Waals surface area contributed by atoms with Crippen molar-refractivity contribution in [1.29, 1.82) is 0 Å². The van der Waals surface area contributed by atoms with E-state index in [9.17, 15) is 0 Å². The van der Waals surface area contributed by atoms with Crippen LogP contribution in [-0.4, -0.2) is 13.1 Å². The van der Waals surface area contributed by atoms with Crippen molar-refractivity contribution in [3.8, 4) is 0 Å². The van der Waals surface area contributed by atoms with Crippen molar-refractivity contribution in [3.63, 3.8) is 0 Å². The highest BCUT2D eigenvalue weighted by Crippen LogP contribution is 2.37. The van der Waals surface area contributed by atoms with E-state index in [-0.39, 0.29) is 0 Å². The Hall–Kier alpha value is -0.0400. The minimum Gasteiger partial charge on any atom is -0.317 e. The van der Waals surface area contributed by atoms with Crippen LogP contribution in [0.2, 0.25) is 0 Å². The summed E-state index contributed by atoms with van der Waals surface area (Å²) in [7, 11) is 0. The summed E-state index contributed by atoms with van der Waals surface area (Å²) in [6, 6.07) is 0. The SMILES string of the molecule is CCNCC1CCC(C)CC1C(C)C. The predicted octanol–water partition coefficient (Wildman–Crippen LogP) is 3.30. The molecule has 0 saturated heterocycles. The van der Waals surface area contributed by atoms with Gasteiger partial charge in [0.25, 0.3) is 0 Å². The lowest BCUT2D eigenvalue weighted by molar-refractivity contribution is 0.141. The smallest absolute Gasteiger partial charge is 0.00179 e. The molecule has 0 bridgehead atoms. The first-order valence-corrected chi connectivity index (χ1v) is 6.35. The topological polar surface area (TPSA) is 12.0 Å². The third kappa shape index (κ3) is 3.27. The minimum absolute atomic E-state index is 0.862. The van der Waals surface area contributed by atoms with Gasteiger partial charge in [-0.25, -0.2) is 0 Å². The van der Waals surface area contributed by atoms with E-state index in [1.165, 1.54) is 25.8 Å². The first-order chi connectivity index (χ1) is 6.65. The van der Waals surface area contributed by atoms with Crippen molar-refractivity contribution >= 4 is 0 Å². The maximum Gasteiger partial charge on any atom is -0.00179 e. The first kappa shape index (κ1) is 12.0. The van der Waals surface area contributed by atoms with E-state index in [4.69, 9.17) is 0 Å². The van der Waals surface area contributed by atoms with Gasteiger partial charge >= 0.3 is 0 Å². The number of nitrogens with one attached hydrogen (secondary N) is 1. The van der Waals surface area contributed by atoms with Crippen LogP contribution >= 0.6 is 0 Å². The summed E-state index contributed by atoms with van der Waals surface area (Å²) in [5, 5.41) is 3.52. The van der Waals surface area contributed by atoms with Crippen molar-refractivity contribution < 1.29 is 0 Å². The fraction of sp³-hybridized carbons (Fsp3) is 1.00. The molecule has 1 aliphatic rings. The molecule has 1 aliphatic carbocycles. The molecule has 0 heterocycles. The molecular weight excluding hydrogens is 170 g/mol. The van der Waals surface area contributed by atoms with Crippen molar-refractivity contribution in [1.82, 2.24) is 5.32 Å². The van der Waals surface area contributed by atoms with E-state index in [1.54, 1.807) is 0 Å². The average Bonchev–Trinajstić information content (AvgIpc) is 2.15. The van der Waals surface area contributed by atoms with Crippen molar-refractivity contribution in [2.45, 2.75) is 47.0 Å². The molecule has 0 aromatic rings. The molecule has 1 heteroatoms. The van der Waals surface area contributed by atoms with Crippen LogP contribution in [0.3, 0.4) is 0 Å². The fourth-order valence-corrected chi connectivity index (χ4v) is 2.89. The zero-order valence-electron chi connectivity index (χ0n) is 10.3. The molecular formula is C13H27N. The molecule has 0 radical (unpaired) electrons. The highest BCUT2D eigenvalue weighted by atomic mass is 14.8. The second-order valence-corrected chi connectivity index (χ2v) is 5.39. The van der Waals surface area contributed by atoms with E-state index < -0.39 is 0 Å². The standard InChI is InChI=1S/C13H27N/c1-5-14-9-12-7-6-11(4)8-13(12)10(2)3/h10-14H,5-9H2,1-4H3. The highest BCUT2D eigenvalue weighted by Gasteiger charge is 2.29. The van der Waals surface area contributed by atoms with Crippen LogP contribution in [0.25, 0.3) is 0 Å². The Kier molecular flexibility index (Phi) is 4.94. The molecule has 0 aliphatic heterocycles. The molecule has 0 spiro atoms. The molecule has 3 unspecified atom stereocenters. The van der Waals surface area contributed by atoms with Gasteiger partial charge in [-0.3, -0.25) is 0 Å². The molecule has 84 valence electrons. The Bertz CT molecular complexity index is 151. The lowest BCUT2D eigenvalue weighted by atomic mass is 9.70. The van der Waals surface area contributed by atoms with Gasteiger partial charge < -0.3 is 5.32 Å². The van der Waals surface area contributed by atoms with Gasteiger partial charge in [-0.05, 0) is 49.6 Å². The molecule has 3 atom stereocenters. The summed E-state index contributed by atoms with van der Waals surface area (Å²) in [4.78, 5) is 0. The number of hydrogen-bond donors (Lipinski definition) is 1. The summed E-state index contributed by atoms with van der Waals surface area (Å²) in [5.41, 5.74) is 0. The van der Waals surface area contributed by atoms with Gasteiger partial charge in [-0.15, -0.1) is 0 Å². The normalized spacial score (nSPS) is 33.6. The Balaban J connectivity index is 2.45. The van der Waals surface area contributed by atoms with E-state index in [0.717, 1.165) is 30.2 Å². The van der Waals surface area contributed by atoms with Gasteiger partial charge in [0.2, 0.25) is 0 Å². The molecule has 1 rings (SSSR count). The maximum atomic E-state index is 3.52. The second-order valence-electron chi connectivity index (χ2n) is 5.39. The molecule has 1 saturated carbocycles. The molecule has 0 aromatic carbocycles. The molecule has 0 aromatic heterocycles. The van der Waals surface area contributed by atoms with Crippen LogP contribution in [0, 0.1) is 23.7 Å². The van der Waals surface area contributed by atoms with Crippen LogP contribution in [-0.2, 0) is 0 Å². The van der Waals surface area contributed by atoms with E-state index in [2.05, 4.69) is 33.0 Å². The molecule has 1 nitrogen and oxygen atoms in total. The summed E-state index contributed by atoms with van der Waals surface area (Å²) in [5.74, 6) is 3.71. The molecule has 1 N–H and O–H groups in total. The van der Waals surface area contributed by atoms with Crippen LogP contribution in [0.15, 0.2) is 0 Å².